The maximum Gasteiger partial charge on any atom is 0.428 e. The minimum atomic E-state index is -0.647. The van der Waals surface area contributed by atoms with Crippen LogP contribution in [0.4, 0.5) is 4.79 Å². The van der Waals surface area contributed by atoms with E-state index in [4.69, 9.17) is 27.9 Å². The number of amides is 1. The van der Waals surface area contributed by atoms with E-state index in [9.17, 15) is 4.79 Å². The molecular formula is C16H18Cl2N4O2. The van der Waals surface area contributed by atoms with Crippen molar-refractivity contribution < 1.29 is 9.53 Å². The highest BCUT2D eigenvalue weighted by Gasteiger charge is 2.17. The lowest BCUT2D eigenvalue weighted by atomic mass is 10.2. The molecule has 0 saturated heterocycles. The van der Waals surface area contributed by atoms with Gasteiger partial charge in [0, 0.05) is 0 Å². The van der Waals surface area contributed by atoms with Crippen molar-refractivity contribution in [2.24, 2.45) is 5.10 Å². The van der Waals surface area contributed by atoms with Crippen molar-refractivity contribution in [2.75, 3.05) is 0 Å². The number of carbonyl (C=O) groups is 1. The van der Waals surface area contributed by atoms with Gasteiger partial charge in [0.25, 0.3) is 0 Å². The molecule has 1 heterocycles. The smallest absolute Gasteiger partial charge is 0.428 e. The van der Waals surface area contributed by atoms with E-state index in [2.05, 4.69) is 15.6 Å². The van der Waals surface area contributed by atoms with Crippen molar-refractivity contribution in [1.29, 1.82) is 0 Å². The summed E-state index contributed by atoms with van der Waals surface area (Å²) >= 11 is 12.5. The van der Waals surface area contributed by atoms with Gasteiger partial charge in [-0.05, 0) is 39.8 Å². The second kappa shape index (κ2) is 7.23. The van der Waals surface area contributed by atoms with Crippen molar-refractivity contribution in [3.8, 4) is 5.69 Å². The van der Waals surface area contributed by atoms with Gasteiger partial charge < -0.3 is 4.74 Å². The number of hydrogen-bond acceptors (Lipinski definition) is 4. The number of halogens is 2. The number of para-hydroxylation sites is 1. The Labute approximate surface area is 150 Å². The van der Waals surface area contributed by atoms with Crippen molar-refractivity contribution in [1.82, 2.24) is 15.2 Å². The molecule has 0 spiro atoms. The number of nitrogens with zero attached hydrogens (tertiary/aromatic N) is 3. The zero-order valence-corrected chi connectivity index (χ0v) is 15.3. The monoisotopic (exact) mass is 368 g/mol. The summed E-state index contributed by atoms with van der Waals surface area (Å²) in [6.45, 7) is 7.09. The van der Waals surface area contributed by atoms with Crippen molar-refractivity contribution >= 4 is 35.5 Å². The molecule has 0 radical (unpaired) electrons. The van der Waals surface area contributed by atoms with Gasteiger partial charge in [0.1, 0.15) is 10.8 Å². The summed E-state index contributed by atoms with van der Waals surface area (Å²) in [6, 6.07) is 7.22. The Morgan fingerprint density at radius 1 is 1.33 bits per heavy atom. The van der Waals surface area contributed by atoms with Crippen LogP contribution in [-0.2, 0) is 4.74 Å². The van der Waals surface area contributed by atoms with Crippen LogP contribution in [0.25, 0.3) is 5.69 Å². The molecule has 0 aliphatic rings. The number of ether oxygens (including phenoxy) is 1. The highest BCUT2D eigenvalue weighted by Crippen LogP contribution is 2.26. The molecule has 1 aromatic carbocycles. The Hall–Kier alpha value is -2.05. The van der Waals surface area contributed by atoms with E-state index >= 15 is 0 Å². The van der Waals surface area contributed by atoms with Crippen LogP contribution in [-0.4, -0.2) is 27.7 Å². The quantitative estimate of drug-likeness (QED) is 0.646. The molecule has 0 saturated carbocycles. The Balaban J connectivity index is 2.20. The molecule has 8 heteroatoms. The third kappa shape index (κ3) is 4.49. The number of hydrogen-bond donors (Lipinski definition) is 1. The zero-order valence-electron chi connectivity index (χ0n) is 13.8. The fourth-order valence-electron chi connectivity index (χ4n) is 1.89. The minimum Gasteiger partial charge on any atom is -0.443 e. The van der Waals surface area contributed by atoms with E-state index in [0.29, 0.717) is 27.1 Å². The summed E-state index contributed by atoms with van der Waals surface area (Å²) in [6.07, 6.45) is 0.771. The molecule has 0 unspecified atom stereocenters. The maximum atomic E-state index is 11.6. The van der Waals surface area contributed by atoms with Crippen LogP contribution in [0.1, 0.15) is 32.0 Å². The predicted octanol–water partition coefficient (Wildman–Crippen LogP) is 4.35. The number of aryl methyl sites for hydroxylation is 1. The average molecular weight is 369 g/mol. The van der Waals surface area contributed by atoms with Crippen LogP contribution in [0.3, 0.4) is 0 Å². The lowest BCUT2D eigenvalue weighted by Gasteiger charge is -2.18. The van der Waals surface area contributed by atoms with Crippen LogP contribution in [0.15, 0.2) is 29.4 Å². The summed E-state index contributed by atoms with van der Waals surface area (Å²) in [5, 5.41) is 9.09. The second-order valence-electron chi connectivity index (χ2n) is 6.03. The molecule has 0 fully saturated rings. The largest absolute Gasteiger partial charge is 0.443 e. The van der Waals surface area contributed by atoms with Gasteiger partial charge in [0.05, 0.1) is 28.2 Å². The van der Waals surface area contributed by atoms with Gasteiger partial charge in [0.2, 0.25) is 0 Å². The molecule has 2 aromatic rings. The predicted molar refractivity (Wildman–Crippen MR) is 95.3 cm³/mol. The summed E-state index contributed by atoms with van der Waals surface area (Å²) in [5.74, 6) is 0. The topological polar surface area (TPSA) is 68.5 Å². The van der Waals surface area contributed by atoms with Crippen molar-refractivity contribution in [2.45, 2.75) is 33.3 Å². The van der Waals surface area contributed by atoms with Crippen LogP contribution in [0.5, 0.6) is 0 Å². The fourth-order valence-corrected chi connectivity index (χ4v) is 2.42. The number of hydrazone groups is 1. The van der Waals surface area contributed by atoms with E-state index in [1.807, 2.05) is 12.1 Å². The highest BCUT2D eigenvalue weighted by molar-refractivity contribution is 6.34. The molecule has 0 atom stereocenters. The number of carbonyl (C=O) groups excluding carboxylic acids is 1. The van der Waals surface area contributed by atoms with Crippen molar-refractivity contribution in [3.63, 3.8) is 0 Å². The average Bonchev–Trinajstić information content (AvgIpc) is 2.74. The van der Waals surface area contributed by atoms with Gasteiger partial charge in [-0.1, -0.05) is 35.3 Å². The number of nitrogens with one attached hydrogen (secondary N) is 1. The molecule has 1 aromatic heterocycles. The minimum absolute atomic E-state index is 0.343. The molecular weight excluding hydrogens is 351 g/mol. The lowest BCUT2D eigenvalue weighted by molar-refractivity contribution is 0.0529. The molecule has 1 N–H and O–H groups in total. The van der Waals surface area contributed by atoms with E-state index in [1.54, 1.807) is 39.8 Å². The Morgan fingerprint density at radius 2 is 2.00 bits per heavy atom. The van der Waals surface area contributed by atoms with Gasteiger partial charge in [0.15, 0.2) is 0 Å². The number of rotatable bonds is 3. The first kappa shape index (κ1) is 18.3. The van der Waals surface area contributed by atoms with Crippen LogP contribution >= 0.6 is 23.2 Å². The summed E-state index contributed by atoms with van der Waals surface area (Å²) in [7, 11) is 0. The van der Waals surface area contributed by atoms with E-state index in [0.717, 1.165) is 0 Å². The van der Waals surface area contributed by atoms with Gasteiger partial charge in [-0.2, -0.15) is 10.2 Å². The molecule has 6 nitrogen and oxygen atoms in total. The van der Waals surface area contributed by atoms with Crippen LogP contribution in [0.2, 0.25) is 10.2 Å². The third-order valence-electron chi connectivity index (χ3n) is 2.88. The van der Waals surface area contributed by atoms with Crippen LogP contribution in [0, 0.1) is 6.92 Å². The first-order valence-corrected chi connectivity index (χ1v) is 7.96. The standard InChI is InChI=1S/C16H18Cl2N4O2/c1-10-11(9-19-20-15(23)24-16(2,3)4)14(18)22(21-10)13-8-6-5-7-12(13)17/h5-9H,1-4H3,(H,20,23). The van der Waals surface area contributed by atoms with Gasteiger partial charge >= 0.3 is 6.09 Å². The van der Waals surface area contributed by atoms with E-state index < -0.39 is 11.7 Å². The normalized spacial score (nSPS) is 11.8. The highest BCUT2D eigenvalue weighted by atomic mass is 35.5. The molecule has 0 aliphatic heterocycles. The summed E-state index contributed by atoms with van der Waals surface area (Å²) in [5.41, 5.74) is 3.58. The number of benzene rings is 1. The van der Waals surface area contributed by atoms with Crippen molar-refractivity contribution in [3.05, 3.63) is 45.7 Å². The molecule has 1 amide bonds. The van der Waals surface area contributed by atoms with Gasteiger partial charge in [-0.25, -0.2) is 14.9 Å². The van der Waals surface area contributed by atoms with Gasteiger partial charge in [-0.15, -0.1) is 0 Å². The fraction of sp³-hybridized carbons (Fsp3) is 0.312. The molecule has 0 bridgehead atoms. The molecule has 128 valence electrons. The SMILES string of the molecule is Cc1nn(-c2ccccc2Cl)c(Cl)c1C=NNC(=O)OC(C)(C)C. The first-order valence-electron chi connectivity index (χ1n) is 7.21. The summed E-state index contributed by atoms with van der Waals surface area (Å²) < 4.78 is 6.61. The van der Waals surface area contributed by atoms with Gasteiger partial charge in [-0.3, -0.25) is 0 Å². The number of aromatic nitrogens is 2. The maximum absolute atomic E-state index is 11.6. The third-order valence-corrected chi connectivity index (χ3v) is 3.56. The Kier molecular flexibility index (Phi) is 5.51. The first-order chi connectivity index (χ1) is 11.2. The van der Waals surface area contributed by atoms with E-state index in [-0.39, 0.29) is 0 Å². The molecule has 0 aliphatic carbocycles. The molecule has 2 rings (SSSR count). The Bertz CT molecular complexity index is 779. The van der Waals surface area contributed by atoms with E-state index in [1.165, 1.54) is 10.9 Å². The zero-order chi connectivity index (χ0) is 17.9. The summed E-state index contributed by atoms with van der Waals surface area (Å²) in [4.78, 5) is 11.6. The lowest BCUT2D eigenvalue weighted by Crippen LogP contribution is -2.29. The Morgan fingerprint density at radius 3 is 2.62 bits per heavy atom. The van der Waals surface area contributed by atoms with Crippen LogP contribution < -0.4 is 5.43 Å². The molecule has 24 heavy (non-hydrogen) atoms. The second-order valence-corrected chi connectivity index (χ2v) is 6.79.